The molecule has 1 saturated heterocycles. The maximum atomic E-state index is 13.1. The highest BCUT2D eigenvalue weighted by Gasteiger charge is 2.60. The fourth-order valence-corrected chi connectivity index (χ4v) is 14.2. The Morgan fingerprint density at radius 3 is 1.90 bits per heavy atom. The molecule has 3 saturated carbocycles. The zero-order valence-corrected chi connectivity index (χ0v) is 44.1. The van der Waals surface area contributed by atoms with Gasteiger partial charge in [-0.15, -0.1) is 0 Å². The molecule has 0 unspecified atom stereocenters. The molecule has 0 bridgehead atoms. The maximum Gasteiger partial charge on any atom is 0.305 e. The third-order valence-electron chi connectivity index (χ3n) is 18.0. The summed E-state index contributed by atoms with van der Waals surface area (Å²) in [6.07, 6.45) is 25.4. The largest absolute Gasteiger partial charge is 0.463 e. The summed E-state index contributed by atoms with van der Waals surface area (Å²) in [5, 5.41) is 0. The van der Waals surface area contributed by atoms with E-state index in [-0.39, 0.29) is 30.5 Å². The molecule has 14 atom stereocenters. The summed E-state index contributed by atoms with van der Waals surface area (Å²) in [7, 11) is 0. The Morgan fingerprint density at radius 2 is 1.30 bits per heavy atom. The van der Waals surface area contributed by atoms with Crippen LogP contribution < -0.4 is 0 Å². The van der Waals surface area contributed by atoms with Crippen LogP contribution >= 0.6 is 0 Å². The lowest BCUT2D eigenvalue weighted by atomic mass is 9.47. The maximum absolute atomic E-state index is 13.1. The van der Waals surface area contributed by atoms with E-state index in [1.54, 1.807) is 0 Å². The van der Waals surface area contributed by atoms with Gasteiger partial charge in [-0.25, -0.2) is 0 Å². The second kappa shape index (κ2) is 26.7. The molecule has 5 aliphatic rings. The molecule has 0 N–H and O–H groups in total. The molecule has 0 amide bonds. The molecule has 0 aromatic heterocycles. The first-order valence-electron chi connectivity index (χ1n) is 27.7. The quantitative estimate of drug-likeness (QED) is 0.0340. The van der Waals surface area contributed by atoms with Crippen LogP contribution in [-0.2, 0) is 47.6 Å². The Morgan fingerprint density at radius 1 is 0.701 bits per heavy atom. The van der Waals surface area contributed by atoms with Gasteiger partial charge in [0, 0.05) is 27.2 Å². The summed E-state index contributed by atoms with van der Waals surface area (Å²) in [5.74, 6) is 2.98. The third-order valence-corrected chi connectivity index (χ3v) is 18.0. The van der Waals surface area contributed by atoms with E-state index in [9.17, 15) is 19.2 Å². The van der Waals surface area contributed by atoms with Crippen molar-refractivity contribution in [3.63, 3.8) is 0 Å². The van der Waals surface area contributed by atoms with Gasteiger partial charge in [0.05, 0.1) is 6.10 Å². The fraction of sp³-hybridized carbons (Fsp3) is 0.895. The molecule has 5 rings (SSSR count). The lowest BCUT2D eigenvalue weighted by molar-refractivity contribution is -0.318. The van der Waals surface area contributed by atoms with Gasteiger partial charge in [-0.1, -0.05) is 150 Å². The summed E-state index contributed by atoms with van der Waals surface area (Å²) in [6, 6.07) is 0. The number of esters is 4. The van der Waals surface area contributed by atoms with Crippen LogP contribution in [0, 0.1) is 52.3 Å². The Hall–Kier alpha value is -2.46. The van der Waals surface area contributed by atoms with Gasteiger partial charge in [-0.3, -0.25) is 19.2 Å². The first-order valence-corrected chi connectivity index (χ1v) is 27.7. The molecule has 4 aliphatic carbocycles. The first-order chi connectivity index (χ1) is 32.0. The third kappa shape index (κ3) is 15.0. The SMILES string of the molecule is CCCCCCCCCCCCCCCC(=O)OC[C@@H]1O[C@@H](O[C@H]2CC[C@@]3(C)C(=CC[C@H]4[C@H]5CC[C@H]([C@H](C)CC[C@H](CC)C(C)C)[C@@]5(C)CC[C@@H]43)C2)[C@@H](OC(C)=O)[C@H](OC(C)=O)[C@H]1OC(C)=O. The van der Waals surface area contributed by atoms with Crippen molar-refractivity contribution in [2.45, 2.75) is 267 Å². The first kappa shape index (κ1) is 55.5. The number of hydrogen-bond acceptors (Lipinski definition) is 10. The molecule has 4 fully saturated rings. The molecule has 0 radical (unpaired) electrons. The van der Waals surface area contributed by atoms with Crippen LogP contribution in [0.15, 0.2) is 11.6 Å². The molecule has 0 aromatic rings. The van der Waals surface area contributed by atoms with Crippen LogP contribution in [0.4, 0.5) is 0 Å². The van der Waals surface area contributed by atoms with Crippen molar-refractivity contribution in [1.82, 2.24) is 0 Å². The molecule has 384 valence electrons. The van der Waals surface area contributed by atoms with Crippen molar-refractivity contribution >= 4 is 23.9 Å². The molecule has 1 aliphatic heterocycles. The average molecular weight is 941 g/mol. The van der Waals surface area contributed by atoms with E-state index in [2.05, 4.69) is 54.5 Å². The van der Waals surface area contributed by atoms with Gasteiger partial charge in [0.15, 0.2) is 24.6 Å². The zero-order chi connectivity index (χ0) is 48.7. The minimum Gasteiger partial charge on any atom is -0.463 e. The smallest absolute Gasteiger partial charge is 0.305 e. The molecule has 1 heterocycles. The van der Waals surface area contributed by atoms with E-state index in [1.165, 1.54) is 135 Å². The van der Waals surface area contributed by atoms with Gasteiger partial charge in [-0.2, -0.15) is 0 Å². The van der Waals surface area contributed by atoms with Crippen LogP contribution in [-0.4, -0.2) is 67.3 Å². The van der Waals surface area contributed by atoms with E-state index in [1.807, 2.05) is 0 Å². The van der Waals surface area contributed by atoms with Crippen molar-refractivity contribution in [3.05, 3.63) is 11.6 Å². The number of allylic oxidation sites excluding steroid dienone is 1. The van der Waals surface area contributed by atoms with Crippen molar-refractivity contribution in [2.75, 3.05) is 6.61 Å². The van der Waals surface area contributed by atoms with E-state index in [4.69, 9.17) is 28.4 Å². The Balaban J connectivity index is 1.19. The van der Waals surface area contributed by atoms with E-state index in [0.717, 1.165) is 74.5 Å². The van der Waals surface area contributed by atoms with Crippen molar-refractivity contribution in [3.8, 4) is 0 Å². The number of carbonyl (C=O) groups is 4. The monoisotopic (exact) mass is 941 g/mol. The highest BCUT2D eigenvalue weighted by atomic mass is 16.7. The molecule has 0 aromatic carbocycles. The minimum atomic E-state index is -1.24. The highest BCUT2D eigenvalue weighted by molar-refractivity contribution is 5.69. The highest BCUT2D eigenvalue weighted by Crippen LogP contribution is 2.67. The number of hydrogen-bond donors (Lipinski definition) is 0. The van der Waals surface area contributed by atoms with Crippen LogP contribution in [0.2, 0.25) is 0 Å². The van der Waals surface area contributed by atoms with Gasteiger partial charge in [0.25, 0.3) is 0 Å². The number of rotatable bonds is 27. The summed E-state index contributed by atoms with van der Waals surface area (Å²) >= 11 is 0. The lowest BCUT2D eigenvalue weighted by Gasteiger charge is -2.58. The van der Waals surface area contributed by atoms with Gasteiger partial charge in [0.1, 0.15) is 12.7 Å². The Labute approximate surface area is 407 Å². The standard InChI is InChI=1S/C57H96O10/c1-11-13-14-15-16-17-18-19-20-21-22-23-24-25-51(61)62-37-50-52(63-40(6)58)53(64-41(7)59)54(65-42(8)60)55(67-50)66-45-32-34-56(9)44(36-45)28-29-46-48-31-30-47(57(48,10)35-33-49(46)56)39(5)26-27-43(12-2)38(3)4/h28,38-39,43,45-50,52-55H,11-27,29-37H2,1-10H3/t39-,43+,45+,46+,47-,48-,49+,50+,52+,53-,54+,55-,56+,57-/m1/s1. The normalized spacial score (nSPS) is 33.4. The number of ether oxygens (including phenoxy) is 6. The summed E-state index contributed by atoms with van der Waals surface area (Å²) in [4.78, 5) is 50.8. The van der Waals surface area contributed by atoms with Crippen LogP contribution in [0.25, 0.3) is 0 Å². The summed E-state index contributed by atoms with van der Waals surface area (Å²) in [6.45, 7) is 20.7. The van der Waals surface area contributed by atoms with E-state index >= 15 is 0 Å². The van der Waals surface area contributed by atoms with Gasteiger partial charge in [-0.05, 0) is 116 Å². The minimum absolute atomic E-state index is 0.0901. The predicted molar refractivity (Wildman–Crippen MR) is 264 cm³/mol. The molecule has 10 nitrogen and oxygen atoms in total. The second-order valence-electron chi connectivity index (χ2n) is 22.9. The number of fused-ring (bicyclic) bond motifs is 5. The van der Waals surface area contributed by atoms with Gasteiger partial charge >= 0.3 is 23.9 Å². The predicted octanol–water partition coefficient (Wildman–Crippen LogP) is 13.6. The topological polar surface area (TPSA) is 124 Å². The van der Waals surface area contributed by atoms with E-state index in [0.29, 0.717) is 17.3 Å². The molecular formula is C57H96O10. The van der Waals surface area contributed by atoms with Crippen molar-refractivity contribution in [1.29, 1.82) is 0 Å². The number of unbranched alkanes of at least 4 members (excludes halogenated alkanes) is 12. The number of carbonyl (C=O) groups excluding carboxylic acids is 4. The average Bonchev–Trinajstić information content (AvgIpc) is 3.63. The molecule has 67 heavy (non-hydrogen) atoms. The van der Waals surface area contributed by atoms with Gasteiger partial charge in [0.2, 0.25) is 0 Å². The van der Waals surface area contributed by atoms with Crippen LogP contribution in [0.5, 0.6) is 0 Å². The molecule has 10 heteroatoms. The van der Waals surface area contributed by atoms with Crippen molar-refractivity contribution < 1.29 is 47.6 Å². The summed E-state index contributed by atoms with van der Waals surface area (Å²) < 4.78 is 36.4. The summed E-state index contributed by atoms with van der Waals surface area (Å²) in [5.41, 5.74) is 1.95. The van der Waals surface area contributed by atoms with E-state index < -0.39 is 48.6 Å². The lowest BCUT2D eigenvalue weighted by Crippen LogP contribution is -2.63. The second-order valence-corrected chi connectivity index (χ2v) is 22.9. The van der Waals surface area contributed by atoms with Crippen LogP contribution in [0.1, 0.15) is 230 Å². The Kier molecular flexibility index (Phi) is 22.1. The fourth-order valence-electron chi connectivity index (χ4n) is 14.2. The molecule has 0 spiro atoms. The van der Waals surface area contributed by atoms with Crippen LogP contribution in [0.3, 0.4) is 0 Å². The zero-order valence-electron chi connectivity index (χ0n) is 44.1. The van der Waals surface area contributed by atoms with Gasteiger partial charge < -0.3 is 28.4 Å². The molecular weight excluding hydrogens is 845 g/mol. The Bertz CT molecular complexity index is 1590. The van der Waals surface area contributed by atoms with Crippen molar-refractivity contribution in [2.24, 2.45) is 52.3 Å².